The molecule has 5 nitrogen and oxygen atoms in total. The van der Waals surface area contributed by atoms with Gasteiger partial charge in [0.1, 0.15) is 0 Å². The third-order valence-corrected chi connectivity index (χ3v) is 3.04. The van der Waals surface area contributed by atoms with E-state index in [0.717, 1.165) is 10.9 Å². The Kier molecular flexibility index (Phi) is 3.61. The van der Waals surface area contributed by atoms with E-state index < -0.39 is 18.0 Å². The van der Waals surface area contributed by atoms with Crippen LogP contribution in [0, 0.1) is 0 Å². The van der Waals surface area contributed by atoms with Gasteiger partial charge in [-0.05, 0) is 6.07 Å². The first-order chi connectivity index (χ1) is 9.38. The summed E-state index contributed by atoms with van der Waals surface area (Å²) in [5.41, 5.74) is -0.370. The smallest absolute Gasteiger partial charge is 0.265 e. The number of aromatic hydroxyl groups is 1. The van der Waals surface area contributed by atoms with Crippen LogP contribution in [0.25, 0.3) is 10.9 Å². The van der Waals surface area contributed by atoms with Gasteiger partial charge in [-0.15, -0.1) is 0 Å². The maximum absolute atomic E-state index is 13.4. The molecule has 1 heterocycles. The fraction of sp³-hybridized carbons (Fsp3) is 0.385. The number of aromatic nitrogens is 2. The molecule has 0 fully saturated rings. The average molecular weight is 284 g/mol. The largest absolute Gasteiger partial charge is 0.504 e. The average Bonchev–Trinajstić information content (AvgIpc) is 2.41. The number of rotatable bonds is 4. The van der Waals surface area contributed by atoms with Gasteiger partial charge in [-0.2, -0.15) is 0 Å². The summed E-state index contributed by atoms with van der Waals surface area (Å²) in [5, 5.41) is 9.72. The molecule has 0 saturated heterocycles. The number of hydrogen-bond donors (Lipinski definition) is 1. The fourth-order valence-electron chi connectivity index (χ4n) is 1.81. The van der Waals surface area contributed by atoms with Crippen molar-refractivity contribution in [3.63, 3.8) is 0 Å². The fourth-order valence-corrected chi connectivity index (χ4v) is 1.81. The van der Waals surface area contributed by atoms with Gasteiger partial charge in [-0.1, -0.05) is 6.92 Å². The third kappa shape index (κ3) is 2.56. The van der Waals surface area contributed by atoms with Crippen LogP contribution in [0.2, 0.25) is 0 Å². The van der Waals surface area contributed by atoms with Gasteiger partial charge in [-0.3, -0.25) is 9.36 Å². The zero-order chi connectivity index (χ0) is 14.9. The van der Waals surface area contributed by atoms with Crippen molar-refractivity contribution in [3.8, 4) is 11.5 Å². The highest BCUT2D eigenvalue weighted by molar-refractivity contribution is 5.81. The Morgan fingerprint density at radius 1 is 1.45 bits per heavy atom. The van der Waals surface area contributed by atoms with E-state index in [1.165, 1.54) is 26.2 Å². The van der Waals surface area contributed by atoms with Gasteiger partial charge < -0.3 is 9.84 Å². The second-order valence-electron chi connectivity index (χ2n) is 4.43. The van der Waals surface area contributed by atoms with Gasteiger partial charge in [0.2, 0.25) is 0 Å². The summed E-state index contributed by atoms with van der Waals surface area (Å²) in [6.45, 7) is 0.620. The maximum atomic E-state index is 13.4. The molecule has 0 aliphatic rings. The van der Waals surface area contributed by atoms with Crippen LogP contribution < -0.4 is 10.3 Å². The molecular formula is C13H14F2N2O3. The van der Waals surface area contributed by atoms with Crippen LogP contribution in [0.3, 0.4) is 0 Å². The van der Waals surface area contributed by atoms with Gasteiger partial charge in [0.25, 0.3) is 11.5 Å². The van der Waals surface area contributed by atoms with E-state index in [9.17, 15) is 18.7 Å². The van der Waals surface area contributed by atoms with Gasteiger partial charge >= 0.3 is 0 Å². The van der Waals surface area contributed by atoms with Crippen LogP contribution in [0.15, 0.2) is 23.3 Å². The lowest BCUT2D eigenvalue weighted by Gasteiger charge is -2.15. The highest BCUT2D eigenvalue weighted by Crippen LogP contribution is 2.28. The molecule has 0 aliphatic carbocycles. The van der Waals surface area contributed by atoms with Crippen LogP contribution >= 0.6 is 0 Å². The minimum atomic E-state index is -2.97. The number of halogens is 2. The molecule has 7 heteroatoms. The predicted molar refractivity (Wildman–Crippen MR) is 69.5 cm³/mol. The SMILES string of the molecule is CCC(F)(F)Cn1cnc2cc(O)c(OC)cc2c1=O. The van der Waals surface area contributed by atoms with Crippen LogP contribution in [-0.4, -0.2) is 27.7 Å². The maximum Gasteiger partial charge on any atom is 0.265 e. The van der Waals surface area contributed by atoms with Crippen molar-refractivity contribution in [2.75, 3.05) is 7.11 Å². The molecule has 2 rings (SSSR count). The van der Waals surface area contributed by atoms with E-state index in [0.29, 0.717) is 0 Å². The van der Waals surface area contributed by atoms with Crippen molar-refractivity contribution in [1.82, 2.24) is 9.55 Å². The zero-order valence-corrected chi connectivity index (χ0v) is 11.1. The minimum Gasteiger partial charge on any atom is -0.504 e. The lowest BCUT2D eigenvalue weighted by Crippen LogP contribution is -2.30. The molecule has 0 radical (unpaired) electrons. The van der Waals surface area contributed by atoms with E-state index in [-0.39, 0.29) is 28.8 Å². The Morgan fingerprint density at radius 3 is 2.75 bits per heavy atom. The molecule has 0 unspecified atom stereocenters. The van der Waals surface area contributed by atoms with E-state index in [1.807, 2.05) is 0 Å². The van der Waals surface area contributed by atoms with Crippen LogP contribution in [0.4, 0.5) is 8.78 Å². The highest BCUT2D eigenvalue weighted by Gasteiger charge is 2.27. The molecule has 0 amide bonds. The van der Waals surface area contributed by atoms with E-state index in [1.54, 1.807) is 0 Å². The molecule has 20 heavy (non-hydrogen) atoms. The van der Waals surface area contributed by atoms with E-state index >= 15 is 0 Å². The zero-order valence-electron chi connectivity index (χ0n) is 11.1. The van der Waals surface area contributed by atoms with Crippen molar-refractivity contribution in [3.05, 3.63) is 28.8 Å². The predicted octanol–water partition coefficient (Wildman–Crippen LogP) is 2.16. The van der Waals surface area contributed by atoms with Crippen molar-refractivity contribution in [2.24, 2.45) is 0 Å². The number of hydrogen-bond acceptors (Lipinski definition) is 4. The first-order valence-corrected chi connectivity index (χ1v) is 6.02. The molecule has 108 valence electrons. The van der Waals surface area contributed by atoms with Gasteiger partial charge in [0.05, 0.1) is 30.9 Å². The van der Waals surface area contributed by atoms with E-state index in [2.05, 4.69) is 4.98 Å². The van der Waals surface area contributed by atoms with Crippen molar-refractivity contribution < 1.29 is 18.6 Å². The second kappa shape index (κ2) is 5.07. The number of benzene rings is 1. The molecule has 1 N–H and O–H groups in total. The Morgan fingerprint density at radius 2 is 2.15 bits per heavy atom. The normalized spacial score (nSPS) is 11.8. The Labute approximate surface area is 113 Å². The topological polar surface area (TPSA) is 64.3 Å². The standard InChI is InChI=1S/C13H14F2N2O3/c1-3-13(14,15)6-17-7-16-9-5-10(18)11(20-2)4-8(9)12(17)19/h4-5,7,18H,3,6H2,1-2H3. The van der Waals surface area contributed by atoms with Crippen molar-refractivity contribution in [2.45, 2.75) is 25.8 Å². The molecule has 0 aliphatic heterocycles. The lowest BCUT2D eigenvalue weighted by atomic mass is 10.2. The summed E-state index contributed by atoms with van der Waals surface area (Å²) < 4.78 is 32.5. The first kappa shape index (κ1) is 14.2. The summed E-state index contributed by atoms with van der Waals surface area (Å²) in [5.74, 6) is -3.04. The molecule has 1 aromatic heterocycles. The van der Waals surface area contributed by atoms with Crippen LogP contribution in [0.5, 0.6) is 11.5 Å². The third-order valence-electron chi connectivity index (χ3n) is 3.04. The van der Waals surface area contributed by atoms with Gasteiger partial charge in [0, 0.05) is 12.5 Å². The summed E-state index contributed by atoms with van der Waals surface area (Å²) in [6, 6.07) is 2.55. The quantitative estimate of drug-likeness (QED) is 0.934. The summed E-state index contributed by atoms with van der Waals surface area (Å²) in [7, 11) is 1.33. The summed E-state index contributed by atoms with van der Waals surface area (Å²) in [4.78, 5) is 16.1. The molecule has 2 aromatic rings. The Bertz CT molecular complexity index is 698. The number of phenols is 1. The number of ether oxygens (including phenoxy) is 1. The van der Waals surface area contributed by atoms with Crippen LogP contribution in [0.1, 0.15) is 13.3 Å². The molecule has 0 saturated carbocycles. The minimum absolute atomic E-state index is 0.0939. The van der Waals surface area contributed by atoms with Crippen LogP contribution in [-0.2, 0) is 6.54 Å². The number of phenolic OH excluding ortho intramolecular Hbond substituents is 1. The molecule has 1 aromatic carbocycles. The Hall–Kier alpha value is -2.18. The van der Waals surface area contributed by atoms with Gasteiger partial charge in [0.15, 0.2) is 11.5 Å². The van der Waals surface area contributed by atoms with E-state index in [4.69, 9.17) is 4.74 Å². The number of methoxy groups -OCH3 is 1. The summed E-state index contributed by atoms with van der Waals surface area (Å²) >= 11 is 0. The lowest BCUT2D eigenvalue weighted by molar-refractivity contribution is -0.0208. The molecule has 0 spiro atoms. The highest BCUT2D eigenvalue weighted by atomic mass is 19.3. The monoisotopic (exact) mass is 284 g/mol. The van der Waals surface area contributed by atoms with Crippen molar-refractivity contribution in [1.29, 1.82) is 0 Å². The van der Waals surface area contributed by atoms with Crippen molar-refractivity contribution >= 4 is 10.9 Å². The number of alkyl halides is 2. The second-order valence-corrected chi connectivity index (χ2v) is 4.43. The number of fused-ring (bicyclic) bond motifs is 1. The molecule has 0 bridgehead atoms. The Balaban J connectivity index is 2.58. The summed E-state index contributed by atoms with van der Waals surface area (Å²) in [6.07, 6.45) is 0.691. The number of nitrogens with zero attached hydrogens (tertiary/aromatic N) is 2. The molecule has 0 atom stereocenters. The molecular weight excluding hydrogens is 270 g/mol. The van der Waals surface area contributed by atoms with Gasteiger partial charge in [-0.25, -0.2) is 13.8 Å². The first-order valence-electron chi connectivity index (χ1n) is 6.02.